The first kappa shape index (κ1) is 11.5. The van der Waals surface area contributed by atoms with Crippen molar-refractivity contribution in [1.29, 1.82) is 0 Å². The molecule has 1 N–H and O–H groups in total. The lowest BCUT2D eigenvalue weighted by atomic mass is 10.1. The Morgan fingerprint density at radius 2 is 1.88 bits per heavy atom. The number of benzene rings is 2. The summed E-state index contributed by atoms with van der Waals surface area (Å²) in [7, 11) is 1.69. The molecular formula is C15H17NO. The lowest BCUT2D eigenvalue weighted by Gasteiger charge is -2.10. The van der Waals surface area contributed by atoms with Crippen molar-refractivity contribution in [3.8, 4) is 5.75 Å². The number of aryl methyl sites for hydroxylation is 1. The predicted octanol–water partition coefficient (Wildman–Crippen LogP) is 3.62. The summed E-state index contributed by atoms with van der Waals surface area (Å²) in [5.41, 5.74) is 3.65. The lowest BCUT2D eigenvalue weighted by molar-refractivity contribution is 0.414. The number of nitrogens with one attached hydrogen (secondary N) is 1. The Labute approximate surface area is 102 Å². The van der Waals surface area contributed by atoms with Crippen molar-refractivity contribution in [2.75, 3.05) is 12.4 Å². The van der Waals surface area contributed by atoms with E-state index in [4.69, 9.17) is 4.74 Å². The molecule has 0 aromatic heterocycles. The van der Waals surface area contributed by atoms with Crippen LogP contribution in [0.1, 0.15) is 11.1 Å². The third-order valence-electron chi connectivity index (χ3n) is 2.76. The van der Waals surface area contributed by atoms with Crippen LogP contribution in [0.3, 0.4) is 0 Å². The van der Waals surface area contributed by atoms with Gasteiger partial charge in [0, 0.05) is 12.2 Å². The lowest BCUT2D eigenvalue weighted by Crippen LogP contribution is -2.00. The van der Waals surface area contributed by atoms with Crippen LogP contribution >= 0.6 is 0 Å². The Morgan fingerprint density at radius 1 is 1.06 bits per heavy atom. The van der Waals surface area contributed by atoms with E-state index in [1.807, 2.05) is 30.3 Å². The van der Waals surface area contributed by atoms with E-state index < -0.39 is 0 Å². The second kappa shape index (κ2) is 5.39. The average Bonchev–Trinajstić information content (AvgIpc) is 2.38. The third kappa shape index (κ3) is 3.00. The van der Waals surface area contributed by atoms with Crippen molar-refractivity contribution in [1.82, 2.24) is 0 Å². The Bertz CT molecular complexity index is 494. The summed E-state index contributed by atoms with van der Waals surface area (Å²) in [5, 5.41) is 3.42. The molecule has 0 spiro atoms. The maximum absolute atomic E-state index is 5.20. The van der Waals surface area contributed by atoms with Gasteiger partial charge in [0.05, 0.1) is 7.11 Å². The SMILES string of the molecule is COc1cccc(CNc2ccccc2C)c1. The number of hydrogen-bond donors (Lipinski definition) is 1. The zero-order chi connectivity index (χ0) is 12.1. The van der Waals surface area contributed by atoms with Crippen LogP contribution in [0.5, 0.6) is 5.75 Å². The Kier molecular flexibility index (Phi) is 3.66. The summed E-state index contributed by atoms with van der Waals surface area (Å²) in [4.78, 5) is 0. The molecule has 2 aromatic carbocycles. The third-order valence-corrected chi connectivity index (χ3v) is 2.76. The van der Waals surface area contributed by atoms with Crippen LogP contribution in [0, 0.1) is 6.92 Å². The number of anilines is 1. The van der Waals surface area contributed by atoms with Gasteiger partial charge in [-0.15, -0.1) is 0 Å². The van der Waals surface area contributed by atoms with Crippen molar-refractivity contribution >= 4 is 5.69 Å². The molecule has 0 aliphatic heterocycles. The van der Waals surface area contributed by atoms with E-state index in [1.165, 1.54) is 16.8 Å². The summed E-state index contributed by atoms with van der Waals surface area (Å²) < 4.78 is 5.20. The molecule has 0 atom stereocenters. The van der Waals surface area contributed by atoms with Crippen molar-refractivity contribution in [3.05, 3.63) is 59.7 Å². The number of hydrogen-bond acceptors (Lipinski definition) is 2. The normalized spacial score (nSPS) is 10.0. The molecule has 0 saturated carbocycles. The largest absolute Gasteiger partial charge is 0.497 e. The van der Waals surface area contributed by atoms with E-state index in [-0.39, 0.29) is 0 Å². The molecule has 88 valence electrons. The minimum Gasteiger partial charge on any atom is -0.497 e. The predicted molar refractivity (Wildman–Crippen MR) is 71.5 cm³/mol. The zero-order valence-corrected chi connectivity index (χ0v) is 10.2. The maximum atomic E-state index is 5.20. The van der Waals surface area contributed by atoms with Gasteiger partial charge in [-0.25, -0.2) is 0 Å². The zero-order valence-electron chi connectivity index (χ0n) is 10.2. The van der Waals surface area contributed by atoms with Crippen LogP contribution in [0.15, 0.2) is 48.5 Å². The Morgan fingerprint density at radius 3 is 2.65 bits per heavy atom. The van der Waals surface area contributed by atoms with Crippen molar-refractivity contribution in [3.63, 3.8) is 0 Å². The Hall–Kier alpha value is -1.96. The summed E-state index contributed by atoms with van der Waals surface area (Å²) in [6.07, 6.45) is 0. The topological polar surface area (TPSA) is 21.3 Å². The van der Waals surface area contributed by atoms with Gasteiger partial charge in [-0.2, -0.15) is 0 Å². The summed E-state index contributed by atoms with van der Waals surface area (Å²) in [6, 6.07) is 16.4. The number of methoxy groups -OCH3 is 1. The molecule has 0 aliphatic carbocycles. The van der Waals surface area contributed by atoms with Gasteiger partial charge in [0.15, 0.2) is 0 Å². The van der Waals surface area contributed by atoms with Crippen molar-refractivity contribution in [2.24, 2.45) is 0 Å². The highest BCUT2D eigenvalue weighted by atomic mass is 16.5. The standard InChI is InChI=1S/C15H17NO/c1-12-6-3-4-9-15(12)16-11-13-7-5-8-14(10-13)17-2/h3-10,16H,11H2,1-2H3. The number of ether oxygens (including phenoxy) is 1. The molecule has 2 rings (SSSR count). The molecule has 0 amide bonds. The molecule has 0 radical (unpaired) electrons. The van der Waals surface area contributed by atoms with E-state index in [1.54, 1.807) is 7.11 Å². The molecule has 2 heteroatoms. The van der Waals surface area contributed by atoms with E-state index in [0.717, 1.165) is 12.3 Å². The van der Waals surface area contributed by atoms with E-state index in [0.29, 0.717) is 0 Å². The minimum absolute atomic E-state index is 0.808. The minimum atomic E-state index is 0.808. The van der Waals surface area contributed by atoms with Crippen LogP contribution in [0.25, 0.3) is 0 Å². The van der Waals surface area contributed by atoms with Gasteiger partial charge in [-0.05, 0) is 36.2 Å². The summed E-state index contributed by atoms with van der Waals surface area (Å²) in [5.74, 6) is 0.897. The van der Waals surface area contributed by atoms with Crippen LogP contribution in [-0.4, -0.2) is 7.11 Å². The first-order valence-corrected chi connectivity index (χ1v) is 5.72. The highest BCUT2D eigenvalue weighted by Crippen LogP contribution is 2.17. The molecule has 0 unspecified atom stereocenters. The molecule has 0 heterocycles. The number of para-hydroxylation sites is 1. The molecule has 0 fully saturated rings. The smallest absolute Gasteiger partial charge is 0.119 e. The monoisotopic (exact) mass is 227 g/mol. The van der Waals surface area contributed by atoms with Gasteiger partial charge in [0.1, 0.15) is 5.75 Å². The molecule has 17 heavy (non-hydrogen) atoms. The Balaban J connectivity index is 2.05. The van der Waals surface area contributed by atoms with Gasteiger partial charge in [-0.1, -0.05) is 30.3 Å². The van der Waals surface area contributed by atoms with Crippen LogP contribution in [0.4, 0.5) is 5.69 Å². The maximum Gasteiger partial charge on any atom is 0.119 e. The molecule has 0 bridgehead atoms. The highest BCUT2D eigenvalue weighted by Gasteiger charge is 1.98. The fourth-order valence-electron chi connectivity index (χ4n) is 1.75. The molecule has 0 saturated heterocycles. The molecular weight excluding hydrogens is 210 g/mol. The highest BCUT2D eigenvalue weighted by molar-refractivity contribution is 5.50. The fourth-order valence-corrected chi connectivity index (χ4v) is 1.75. The first-order valence-electron chi connectivity index (χ1n) is 5.72. The first-order chi connectivity index (χ1) is 8.29. The van der Waals surface area contributed by atoms with Crippen LogP contribution < -0.4 is 10.1 Å². The van der Waals surface area contributed by atoms with E-state index >= 15 is 0 Å². The van der Waals surface area contributed by atoms with Gasteiger partial charge >= 0.3 is 0 Å². The number of rotatable bonds is 4. The van der Waals surface area contributed by atoms with Gasteiger partial charge < -0.3 is 10.1 Å². The quantitative estimate of drug-likeness (QED) is 0.861. The second-order valence-corrected chi connectivity index (χ2v) is 4.02. The average molecular weight is 227 g/mol. The van der Waals surface area contributed by atoms with Gasteiger partial charge in [0.25, 0.3) is 0 Å². The van der Waals surface area contributed by atoms with Crippen molar-refractivity contribution in [2.45, 2.75) is 13.5 Å². The van der Waals surface area contributed by atoms with Crippen molar-refractivity contribution < 1.29 is 4.74 Å². The van der Waals surface area contributed by atoms with Crippen LogP contribution in [0.2, 0.25) is 0 Å². The van der Waals surface area contributed by atoms with E-state index in [9.17, 15) is 0 Å². The van der Waals surface area contributed by atoms with Crippen LogP contribution in [-0.2, 0) is 6.54 Å². The molecule has 0 aliphatic rings. The summed E-state index contributed by atoms with van der Waals surface area (Å²) >= 11 is 0. The van der Waals surface area contributed by atoms with E-state index in [2.05, 4.69) is 30.4 Å². The summed E-state index contributed by atoms with van der Waals surface area (Å²) in [6.45, 7) is 2.91. The molecule has 2 aromatic rings. The fraction of sp³-hybridized carbons (Fsp3) is 0.200. The molecule has 2 nitrogen and oxygen atoms in total. The van der Waals surface area contributed by atoms with Gasteiger partial charge in [0.2, 0.25) is 0 Å². The second-order valence-electron chi connectivity index (χ2n) is 4.02. The van der Waals surface area contributed by atoms with Gasteiger partial charge in [-0.3, -0.25) is 0 Å².